The van der Waals surface area contributed by atoms with E-state index in [1.807, 2.05) is 47.3 Å². The van der Waals surface area contributed by atoms with Crippen LogP contribution in [0.15, 0.2) is 54.9 Å². The highest BCUT2D eigenvalue weighted by Gasteiger charge is 2.29. The number of hydrogen-bond donors (Lipinski definition) is 0. The normalized spacial score (nSPS) is 13.8. The number of rotatable bonds is 3. The Morgan fingerprint density at radius 1 is 1.15 bits per heavy atom. The van der Waals surface area contributed by atoms with Crippen LogP contribution in [0.3, 0.4) is 0 Å². The largest absolute Gasteiger partial charge is 0.309 e. The summed E-state index contributed by atoms with van der Waals surface area (Å²) < 4.78 is 1.85. The Morgan fingerprint density at radius 2 is 1.92 bits per heavy atom. The smallest absolute Gasteiger partial charge is 0.294 e. The lowest BCUT2D eigenvalue weighted by molar-refractivity contribution is -0.136. The first-order valence-electron chi connectivity index (χ1n) is 8.23. The van der Waals surface area contributed by atoms with Crippen LogP contribution in [0.2, 0.25) is 5.02 Å². The number of carbonyl (C=O) groups is 2. The maximum absolute atomic E-state index is 12.0. The standard InChI is InChI=1S/C20H16ClN3O2/c1-23-18-9-16(17(21)7-14(18)8-19(25)20(23)26)15-10-22-24(12-15)11-13-5-3-2-4-6-13/h2-7,9-10,12H,8,11H2,1H3. The number of fused-ring (bicyclic) bond motifs is 1. The first-order chi connectivity index (χ1) is 12.5. The van der Waals surface area contributed by atoms with Crippen LogP contribution in [0.25, 0.3) is 11.1 Å². The molecule has 2 aromatic carbocycles. The van der Waals surface area contributed by atoms with Crippen molar-refractivity contribution in [3.05, 3.63) is 71.0 Å². The van der Waals surface area contributed by atoms with Gasteiger partial charge in [0, 0.05) is 41.5 Å². The molecule has 1 amide bonds. The lowest BCUT2D eigenvalue weighted by Crippen LogP contribution is -2.38. The first kappa shape index (κ1) is 16.5. The second kappa shape index (κ2) is 6.42. The van der Waals surface area contributed by atoms with Gasteiger partial charge in [-0.2, -0.15) is 5.10 Å². The van der Waals surface area contributed by atoms with E-state index in [1.54, 1.807) is 19.3 Å². The van der Waals surface area contributed by atoms with Crippen LogP contribution in [-0.2, 0) is 22.6 Å². The van der Waals surface area contributed by atoms with Crippen molar-refractivity contribution >= 4 is 29.0 Å². The van der Waals surface area contributed by atoms with Crippen LogP contribution in [0, 0.1) is 0 Å². The number of aromatic nitrogens is 2. The van der Waals surface area contributed by atoms with E-state index >= 15 is 0 Å². The Balaban J connectivity index is 1.69. The Hall–Kier alpha value is -2.92. The highest BCUT2D eigenvalue weighted by molar-refractivity contribution is 6.43. The van der Waals surface area contributed by atoms with Gasteiger partial charge in [0.25, 0.3) is 5.91 Å². The summed E-state index contributed by atoms with van der Waals surface area (Å²) in [5.41, 5.74) is 4.29. The Morgan fingerprint density at radius 3 is 2.69 bits per heavy atom. The van der Waals surface area contributed by atoms with E-state index in [1.165, 1.54) is 4.90 Å². The molecule has 0 radical (unpaired) electrons. The minimum Gasteiger partial charge on any atom is -0.309 e. The zero-order valence-electron chi connectivity index (χ0n) is 14.1. The molecule has 0 saturated heterocycles. The molecule has 2 heterocycles. The molecular weight excluding hydrogens is 350 g/mol. The van der Waals surface area contributed by atoms with E-state index in [2.05, 4.69) is 5.10 Å². The molecule has 0 bridgehead atoms. The van der Waals surface area contributed by atoms with E-state index in [0.29, 0.717) is 17.3 Å². The highest BCUT2D eigenvalue weighted by atomic mass is 35.5. The van der Waals surface area contributed by atoms with E-state index in [4.69, 9.17) is 11.6 Å². The molecule has 0 aliphatic carbocycles. The Bertz CT molecular complexity index is 1010. The van der Waals surface area contributed by atoms with Crippen molar-refractivity contribution in [3.63, 3.8) is 0 Å². The van der Waals surface area contributed by atoms with Gasteiger partial charge in [-0.05, 0) is 23.3 Å². The highest BCUT2D eigenvalue weighted by Crippen LogP contribution is 2.36. The molecule has 3 aromatic rings. The number of hydrogen-bond acceptors (Lipinski definition) is 3. The first-order valence-corrected chi connectivity index (χ1v) is 8.61. The number of ketones is 1. The van der Waals surface area contributed by atoms with Gasteiger partial charge in [0.2, 0.25) is 5.78 Å². The molecule has 1 aromatic heterocycles. The Labute approximate surface area is 155 Å². The number of nitrogens with zero attached hydrogens (tertiary/aromatic N) is 3. The second-order valence-corrected chi connectivity index (χ2v) is 6.74. The topological polar surface area (TPSA) is 55.2 Å². The molecule has 0 saturated carbocycles. The number of likely N-dealkylation sites (N-methyl/N-ethyl adjacent to an activating group) is 1. The third-order valence-electron chi connectivity index (χ3n) is 4.56. The molecule has 4 rings (SSSR count). The molecule has 0 unspecified atom stereocenters. The fourth-order valence-corrected chi connectivity index (χ4v) is 3.48. The van der Waals surface area contributed by atoms with Gasteiger partial charge >= 0.3 is 0 Å². The SMILES string of the molecule is CN1C(=O)C(=O)Cc2cc(Cl)c(-c3cnn(Cc4ccccc4)c3)cc21. The van der Waals surface area contributed by atoms with E-state index in [0.717, 1.165) is 22.3 Å². The maximum atomic E-state index is 12.0. The van der Waals surface area contributed by atoms with Crippen LogP contribution in [-0.4, -0.2) is 28.5 Å². The summed E-state index contributed by atoms with van der Waals surface area (Å²) in [6.45, 7) is 0.663. The molecule has 5 nitrogen and oxygen atoms in total. The average molecular weight is 366 g/mol. The summed E-state index contributed by atoms with van der Waals surface area (Å²) in [5.74, 6) is -0.912. The number of anilines is 1. The van der Waals surface area contributed by atoms with Crippen LogP contribution in [0.1, 0.15) is 11.1 Å². The number of benzene rings is 2. The van der Waals surface area contributed by atoms with Gasteiger partial charge in [-0.1, -0.05) is 41.9 Å². The van der Waals surface area contributed by atoms with E-state index in [-0.39, 0.29) is 6.42 Å². The lowest BCUT2D eigenvalue weighted by atomic mass is 9.97. The molecule has 0 fully saturated rings. The van der Waals surface area contributed by atoms with Gasteiger partial charge in [-0.3, -0.25) is 14.3 Å². The summed E-state index contributed by atoms with van der Waals surface area (Å²) in [5, 5.41) is 4.95. The molecule has 1 aliphatic rings. The molecule has 0 N–H and O–H groups in total. The summed E-state index contributed by atoms with van der Waals surface area (Å²) >= 11 is 6.45. The van der Waals surface area contributed by atoms with Crippen molar-refractivity contribution in [1.29, 1.82) is 0 Å². The van der Waals surface area contributed by atoms with Gasteiger partial charge in [-0.15, -0.1) is 0 Å². The summed E-state index contributed by atoms with van der Waals surface area (Å²) in [7, 11) is 1.61. The zero-order chi connectivity index (χ0) is 18.3. The average Bonchev–Trinajstić information content (AvgIpc) is 3.08. The van der Waals surface area contributed by atoms with Crippen LogP contribution >= 0.6 is 11.6 Å². The molecule has 1 aliphatic heterocycles. The van der Waals surface area contributed by atoms with E-state index < -0.39 is 11.7 Å². The van der Waals surface area contributed by atoms with Crippen molar-refractivity contribution in [1.82, 2.24) is 9.78 Å². The van der Waals surface area contributed by atoms with Crippen LogP contribution in [0.4, 0.5) is 5.69 Å². The van der Waals surface area contributed by atoms with Crippen molar-refractivity contribution < 1.29 is 9.59 Å². The lowest BCUT2D eigenvalue weighted by Gasteiger charge is -2.25. The molecule has 0 atom stereocenters. The Kier molecular flexibility index (Phi) is 4.09. The third kappa shape index (κ3) is 2.91. The monoisotopic (exact) mass is 365 g/mol. The maximum Gasteiger partial charge on any atom is 0.294 e. The zero-order valence-corrected chi connectivity index (χ0v) is 14.9. The van der Waals surface area contributed by atoms with Crippen molar-refractivity contribution in [2.24, 2.45) is 0 Å². The van der Waals surface area contributed by atoms with Crippen molar-refractivity contribution in [2.45, 2.75) is 13.0 Å². The number of Topliss-reactive ketones (excluding diaryl/α,β-unsaturated/α-hetero) is 1. The summed E-state index contributed by atoms with van der Waals surface area (Å²) in [4.78, 5) is 25.1. The minimum atomic E-state index is -0.495. The molecule has 130 valence electrons. The fourth-order valence-electron chi connectivity index (χ4n) is 3.18. The molecule has 26 heavy (non-hydrogen) atoms. The number of amides is 1. The second-order valence-electron chi connectivity index (χ2n) is 6.34. The summed E-state index contributed by atoms with van der Waals surface area (Å²) in [6, 6.07) is 13.7. The molecule has 6 heteroatoms. The number of carbonyl (C=O) groups excluding carboxylic acids is 2. The predicted molar refractivity (Wildman–Crippen MR) is 100 cm³/mol. The molecule has 0 spiro atoms. The van der Waals surface area contributed by atoms with E-state index in [9.17, 15) is 9.59 Å². The third-order valence-corrected chi connectivity index (χ3v) is 4.87. The van der Waals surface area contributed by atoms with Gasteiger partial charge in [0.15, 0.2) is 0 Å². The quantitative estimate of drug-likeness (QED) is 0.669. The molecular formula is C20H16ClN3O2. The van der Waals surface area contributed by atoms with Crippen molar-refractivity contribution in [3.8, 4) is 11.1 Å². The summed E-state index contributed by atoms with van der Waals surface area (Å²) in [6.07, 6.45) is 3.77. The fraction of sp³-hybridized carbons (Fsp3) is 0.150. The van der Waals surface area contributed by atoms with Gasteiger partial charge in [-0.25, -0.2) is 0 Å². The van der Waals surface area contributed by atoms with Crippen LogP contribution in [0.5, 0.6) is 0 Å². The van der Waals surface area contributed by atoms with Gasteiger partial charge < -0.3 is 4.90 Å². The van der Waals surface area contributed by atoms with Crippen LogP contribution < -0.4 is 4.90 Å². The number of halogens is 1. The van der Waals surface area contributed by atoms with Gasteiger partial charge in [0.1, 0.15) is 0 Å². The minimum absolute atomic E-state index is 0.0891. The predicted octanol–water partition coefficient (Wildman–Crippen LogP) is 3.34. The van der Waals surface area contributed by atoms with Gasteiger partial charge in [0.05, 0.1) is 12.7 Å². The van der Waals surface area contributed by atoms with Crippen molar-refractivity contribution in [2.75, 3.05) is 11.9 Å².